The molecule has 1 aliphatic heterocycles. The van der Waals surface area contributed by atoms with E-state index in [2.05, 4.69) is 20.1 Å². The van der Waals surface area contributed by atoms with Gasteiger partial charge in [0, 0.05) is 17.2 Å². The maximum Gasteiger partial charge on any atom is 0.459 e. The van der Waals surface area contributed by atoms with Gasteiger partial charge in [-0.1, -0.05) is 37.2 Å². The highest BCUT2D eigenvalue weighted by Crippen LogP contribution is 2.47. The molecule has 0 saturated carbocycles. The molecule has 2 heterocycles. The molecule has 3 rings (SSSR count). The number of aromatic amines is 1. The van der Waals surface area contributed by atoms with Crippen molar-refractivity contribution in [1.29, 1.82) is 0 Å². The highest BCUT2D eigenvalue weighted by molar-refractivity contribution is 7.52. The van der Waals surface area contributed by atoms with Crippen molar-refractivity contribution in [2.24, 2.45) is 11.0 Å². The summed E-state index contributed by atoms with van der Waals surface area (Å²) in [5.41, 5.74) is 5.87. The minimum atomic E-state index is -4.30. The monoisotopic (exact) mass is 566 g/mol. The van der Waals surface area contributed by atoms with Gasteiger partial charge >= 0.3 is 19.4 Å². The van der Waals surface area contributed by atoms with E-state index in [1.165, 1.54) is 26.0 Å². The normalized spacial score (nSPS) is 24.9. The van der Waals surface area contributed by atoms with Gasteiger partial charge in [0.1, 0.15) is 23.4 Å². The topological polar surface area (TPSA) is 207 Å². The van der Waals surface area contributed by atoms with Crippen LogP contribution in [-0.4, -0.2) is 57.6 Å². The number of nitrogens with one attached hydrogen (secondary N) is 2. The van der Waals surface area contributed by atoms with Gasteiger partial charge in [-0.25, -0.2) is 9.36 Å². The number of nitrogens with zero attached hydrogens (tertiary/aromatic N) is 4. The molecule has 2 aromatic rings. The number of ether oxygens (including phenoxy) is 2. The minimum absolute atomic E-state index is 0.0825. The summed E-state index contributed by atoms with van der Waals surface area (Å²) in [4.78, 5) is 41.1. The van der Waals surface area contributed by atoms with Crippen LogP contribution in [-0.2, 0) is 23.4 Å². The molecule has 212 valence electrons. The number of hydrogen-bond donors (Lipinski definition) is 3. The average molecular weight is 567 g/mol. The number of azide groups is 1. The summed E-state index contributed by atoms with van der Waals surface area (Å²) in [6.07, 6.45) is -3.05. The predicted molar refractivity (Wildman–Crippen MR) is 138 cm³/mol. The SMILES string of the molecule is CC(C)COC(=O)[C@H](C)NP(=O)(OC[C@H]1OC(n2ccc(=O)[nH]c2=O)[C@](C)(N=[N+]=[N-])[C@@H]1O)Oc1ccccc1. The number of para-hydroxylation sites is 1. The van der Waals surface area contributed by atoms with Crippen LogP contribution >= 0.6 is 7.75 Å². The summed E-state index contributed by atoms with van der Waals surface area (Å²) in [6, 6.07) is 8.01. The zero-order chi connectivity index (χ0) is 28.8. The predicted octanol–water partition coefficient (Wildman–Crippen LogP) is 2.24. The number of hydrogen-bond acceptors (Lipinski definition) is 10. The summed E-state index contributed by atoms with van der Waals surface area (Å²) in [7, 11) is -4.30. The first-order valence-electron chi connectivity index (χ1n) is 12.0. The van der Waals surface area contributed by atoms with Crippen LogP contribution in [0.15, 0.2) is 57.3 Å². The Kier molecular flexibility index (Phi) is 9.73. The van der Waals surface area contributed by atoms with E-state index in [1.54, 1.807) is 18.2 Å². The van der Waals surface area contributed by atoms with Gasteiger partial charge in [0.25, 0.3) is 5.56 Å². The number of aliphatic hydroxyl groups is 1. The molecule has 39 heavy (non-hydrogen) atoms. The number of rotatable bonds is 12. The lowest BCUT2D eigenvalue weighted by Gasteiger charge is -2.28. The standard InChI is InChI=1S/C23H31N6O9P/c1-14(2)12-35-20(32)15(3)26-39(34,38-16-8-6-5-7-9-16)36-13-17-19(31)23(4,27-28-24)21(37-17)29-11-10-18(30)25-22(29)33/h5-11,14-15,17,19,21,31H,12-13H2,1-4H3,(H,26,34)(H,25,30,33)/t15-,17+,19+,21?,23+,39?/m0/s1. The average Bonchev–Trinajstić information content (AvgIpc) is 3.11. The van der Waals surface area contributed by atoms with Gasteiger partial charge in [-0.2, -0.15) is 5.09 Å². The summed E-state index contributed by atoms with van der Waals surface area (Å²) < 4.78 is 36.9. The second-order valence-electron chi connectivity index (χ2n) is 9.48. The van der Waals surface area contributed by atoms with Crippen molar-refractivity contribution in [3.05, 3.63) is 73.9 Å². The molecular weight excluding hydrogens is 535 g/mol. The third-order valence-electron chi connectivity index (χ3n) is 5.76. The Morgan fingerprint density at radius 3 is 2.62 bits per heavy atom. The lowest BCUT2D eigenvalue weighted by Crippen LogP contribution is -2.45. The highest BCUT2D eigenvalue weighted by atomic mass is 31.2. The molecule has 16 heteroatoms. The zero-order valence-corrected chi connectivity index (χ0v) is 22.7. The smallest absolute Gasteiger partial charge is 0.459 e. The molecule has 0 spiro atoms. The second-order valence-corrected chi connectivity index (χ2v) is 11.2. The molecule has 0 radical (unpaired) electrons. The Morgan fingerprint density at radius 1 is 1.31 bits per heavy atom. The van der Waals surface area contributed by atoms with Crippen molar-refractivity contribution in [2.75, 3.05) is 13.2 Å². The van der Waals surface area contributed by atoms with Gasteiger partial charge in [-0.3, -0.25) is 23.7 Å². The van der Waals surface area contributed by atoms with Crippen LogP contribution in [0.4, 0.5) is 0 Å². The van der Waals surface area contributed by atoms with Crippen molar-refractivity contribution in [3.8, 4) is 5.75 Å². The number of aromatic nitrogens is 2. The lowest BCUT2D eigenvalue weighted by molar-refractivity contribution is -0.146. The number of carbonyl (C=O) groups is 1. The fraction of sp³-hybridized carbons (Fsp3) is 0.522. The zero-order valence-electron chi connectivity index (χ0n) is 21.8. The van der Waals surface area contributed by atoms with E-state index in [1.807, 2.05) is 13.8 Å². The van der Waals surface area contributed by atoms with E-state index in [0.717, 1.165) is 16.8 Å². The Morgan fingerprint density at radius 2 is 2.00 bits per heavy atom. The fourth-order valence-corrected chi connectivity index (χ4v) is 5.24. The van der Waals surface area contributed by atoms with Crippen molar-refractivity contribution in [3.63, 3.8) is 0 Å². The van der Waals surface area contributed by atoms with E-state index >= 15 is 0 Å². The molecule has 1 saturated heterocycles. The molecule has 3 N–H and O–H groups in total. The number of H-pyrrole nitrogens is 1. The minimum Gasteiger partial charge on any atom is -0.464 e. The number of benzene rings is 1. The molecular formula is C23H31N6O9P. The summed E-state index contributed by atoms with van der Waals surface area (Å²) in [5.74, 6) is -0.436. The fourth-order valence-electron chi connectivity index (χ4n) is 3.74. The molecule has 1 fully saturated rings. The van der Waals surface area contributed by atoms with Gasteiger partial charge < -0.3 is 19.1 Å². The van der Waals surface area contributed by atoms with E-state index in [9.17, 15) is 24.1 Å². The van der Waals surface area contributed by atoms with Gasteiger partial charge in [-0.15, -0.1) is 0 Å². The number of carbonyl (C=O) groups excluding carboxylic acids is 1. The molecule has 0 aliphatic carbocycles. The van der Waals surface area contributed by atoms with Crippen LogP contribution < -0.4 is 20.9 Å². The molecule has 2 unspecified atom stereocenters. The first-order chi connectivity index (χ1) is 18.4. The third kappa shape index (κ3) is 7.35. The molecule has 1 aliphatic rings. The molecule has 1 aromatic carbocycles. The van der Waals surface area contributed by atoms with Gasteiger partial charge in [0.05, 0.1) is 19.3 Å². The second kappa shape index (κ2) is 12.6. The molecule has 0 amide bonds. The largest absolute Gasteiger partial charge is 0.464 e. The summed E-state index contributed by atoms with van der Waals surface area (Å²) in [6.45, 7) is 6.08. The molecule has 6 atom stereocenters. The van der Waals surface area contributed by atoms with Gasteiger partial charge in [0.15, 0.2) is 6.23 Å². The Bertz CT molecular complexity index is 1360. The molecule has 1 aromatic heterocycles. The van der Waals surface area contributed by atoms with Crippen molar-refractivity contribution in [1.82, 2.24) is 14.6 Å². The summed E-state index contributed by atoms with van der Waals surface area (Å²) in [5, 5.41) is 17.2. The van der Waals surface area contributed by atoms with Crippen molar-refractivity contribution < 1.29 is 33.0 Å². The van der Waals surface area contributed by atoms with Gasteiger partial charge in [0.2, 0.25) is 0 Å². The Balaban J connectivity index is 1.84. The summed E-state index contributed by atoms with van der Waals surface area (Å²) >= 11 is 0. The third-order valence-corrected chi connectivity index (χ3v) is 7.40. The Hall–Kier alpha value is -3.45. The number of aliphatic hydroxyl groups excluding tert-OH is 1. The first-order valence-corrected chi connectivity index (χ1v) is 13.6. The van der Waals surface area contributed by atoms with Crippen LogP contribution in [0.25, 0.3) is 10.4 Å². The lowest BCUT2D eigenvalue weighted by atomic mass is 9.93. The van der Waals surface area contributed by atoms with Crippen LogP contribution in [0.5, 0.6) is 5.75 Å². The van der Waals surface area contributed by atoms with Crippen LogP contribution in [0, 0.1) is 5.92 Å². The number of esters is 1. The van der Waals surface area contributed by atoms with E-state index in [0.29, 0.717) is 0 Å². The van der Waals surface area contributed by atoms with Crippen LogP contribution in [0.1, 0.15) is 33.9 Å². The maximum atomic E-state index is 13.8. The molecule has 0 bridgehead atoms. The first kappa shape index (κ1) is 30.1. The van der Waals surface area contributed by atoms with Crippen LogP contribution in [0.2, 0.25) is 0 Å². The van der Waals surface area contributed by atoms with Crippen molar-refractivity contribution in [2.45, 2.75) is 57.7 Å². The van der Waals surface area contributed by atoms with Crippen molar-refractivity contribution >= 4 is 13.7 Å². The van der Waals surface area contributed by atoms with E-state index < -0.39 is 61.6 Å². The van der Waals surface area contributed by atoms with Crippen LogP contribution in [0.3, 0.4) is 0 Å². The van der Waals surface area contributed by atoms with E-state index in [4.69, 9.17) is 24.1 Å². The highest BCUT2D eigenvalue weighted by Gasteiger charge is 2.55. The maximum absolute atomic E-state index is 13.8. The molecule has 15 nitrogen and oxygen atoms in total. The van der Waals surface area contributed by atoms with E-state index in [-0.39, 0.29) is 18.3 Å². The quantitative estimate of drug-likeness (QED) is 0.112. The van der Waals surface area contributed by atoms with Gasteiger partial charge in [-0.05, 0) is 37.4 Å². The Labute approximate surface area is 223 Å².